The minimum Gasteiger partial charge on any atom is -0.491 e. The van der Waals surface area contributed by atoms with Crippen molar-refractivity contribution in [2.24, 2.45) is 0 Å². The molecule has 1 amide bonds. The third-order valence-electron chi connectivity index (χ3n) is 6.04. The number of nitrogens with zero attached hydrogens (tertiary/aromatic N) is 2. The zero-order chi connectivity index (χ0) is 23.6. The molecule has 1 saturated heterocycles. The van der Waals surface area contributed by atoms with Crippen LogP contribution >= 0.6 is 0 Å². The number of piperazine rings is 1. The molecule has 6 heteroatoms. The van der Waals surface area contributed by atoms with Crippen LogP contribution in [0.2, 0.25) is 0 Å². The van der Waals surface area contributed by atoms with Crippen molar-refractivity contribution in [3.63, 3.8) is 0 Å². The minimum atomic E-state index is -0.561. The number of nitrogens with one attached hydrogen (secondary N) is 1. The van der Waals surface area contributed by atoms with E-state index in [1.165, 1.54) is 5.56 Å². The first kappa shape index (κ1) is 24.0. The van der Waals surface area contributed by atoms with Gasteiger partial charge in [0, 0.05) is 39.3 Å². The maximum atomic E-state index is 12.2. The number of carbonyl (C=O) groups excluding carboxylic acids is 1. The number of ether oxygens (including phenoxy) is 1. The van der Waals surface area contributed by atoms with Crippen LogP contribution in [0.5, 0.6) is 5.75 Å². The predicted molar refractivity (Wildman–Crippen MR) is 135 cm³/mol. The van der Waals surface area contributed by atoms with Gasteiger partial charge in [-0.25, -0.2) is 0 Å². The van der Waals surface area contributed by atoms with Crippen LogP contribution < -0.4 is 10.1 Å². The summed E-state index contributed by atoms with van der Waals surface area (Å²) in [5.41, 5.74) is 3.41. The van der Waals surface area contributed by atoms with Gasteiger partial charge in [0.15, 0.2) is 0 Å². The van der Waals surface area contributed by atoms with Gasteiger partial charge in [-0.2, -0.15) is 0 Å². The minimum absolute atomic E-state index is 0.0454. The van der Waals surface area contributed by atoms with Gasteiger partial charge in [-0.05, 0) is 28.8 Å². The molecule has 3 aromatic carbocycles. The third kappa shape index (κ3) is 7.42. The monoisotopic (exact) mass is 459 g/mol. The molecule has 6 nitrogen and oxygen atoms in total. The van der Waals surface area contributed by atoms with Gasteiger partial charge in [-0.15, -0.1) is 0 Å². The average Bonchev–Trinajstić information content (AvgIpc) is 2.89. The normalized spacial score (nSPS) is 15.6. The highest BCUT2D eigenvalue weighted by molar-refractivity contribution is 5.78. The van der Waals surface area contributed by atoms with E-state index in [2.05, 4.69) is 27.2 Å². The second-order valence-electron chi connectivity index (χ2n) is 8.69. The zero-order valence-corrected chi connectivity index (χ0v) is 19.5. The summed E-state index contributed by atoms with van der Waals surface area (Å²) in [5.74, 6) is 0.800. The number of amides is 1. The van der Waals surface area contributed by atoms with E-state index in [9.17, 15) is 9.90 Å². The van der Waals surface area contributed by atoms with Gasteiger partial charge in [0.1, 0.15) is 18.5 Å². The van der Waals surface area contributed by atoms with Crippen molar-refractivity contribution in [3.05, 3.63) is 90.5 Å². The Morgan fingerprint density at radius 3 is 2.09 bits per heavy atom. The summed E-state index contributed by atoms with van der Waals surface area (Å²) in [7, 11) is 0. The number of benzene rings is 3. The van der Waals surface area contributed by atoms with E-state index in [1.807, 2.05) is 72.8 Å². The summed E-state index contributed by atoms with van der Waals surface area (Å²) >= 11 is 0. The summed E-state index contributed by atoms with van der Waals surface area (Å²) in [6, 6.07) is 28.1. The highest BCUT2D eigenvalue weighted by Gasteiger charge is 2.21. The average molecular weight is 460 g/mol. The van der Waals surface area contributed by atoms with Crippen LogP contribution in [0.1, 0.15) is 5.56 Å². The molecule has 4 rings (SSSR count). The van der Waals surface area contributed by atoms with Gasteiger partial charge in [0.05, 0.1) is 6.54 Å². The van der Waals surface area contributed by atoms with Crippen LogP contribution in [0.4, 0.5) is 0 Å². The predicted octanol–water partition coefficient (Wildman–Crippen LogP) is 3.03. The lowest BCUT2D eigenvalue weighted by molar-refractivity contribution is -0.122. The number of carbonyl (C=O) groups is 1. The number of β-amino-alcohol motifs (C(OH)–C–C–N with tert-alkyl or cyclic N) is 1. The third-order valence-corrected chi connectivity index (χ3v) is 6.04. The van der Waals surface area contributed by atoms with Gasteiger partial charge in [0.2, 0.25) is 5.91 Å². The van der Waals surface area contributed by atoms with E-state index in [-0.39, 0.29) is 12.5 Å². The summed E-state index contributed by atoms with van der Waals surface area (Å²) in [5, 5.41) is 13.4. The smallest absolute Gasteiger partial charge is 0.234 e. The number of aliphatic hydroxyl groups excluding tert-OH is 1. The van der Waals surface area contributed by atoms with E-state index in [0.29, 0.717) is 19.6 Å². The molecule has 0 aliphatic carbocycles. The molecule has 0 saturated carbocycles. The maximum absolute atomic E-state index is 12.2. The van der Waals surface area contributed by atoms with Crippen molar-refractivity contribution in [3.8, 4) is 16.9 Å². The molecule has 1 heterocycles. The van der Waals surface area contributed by atoms with Gasteiger partial charge >= 0.3 is 0 Å². The van der Waals surface area contributed by atoms with Crippen LogP contribution in [-0.4, -0.2) is 72.8 Å². The Bertz CT molecular complexity index is 1000. The van der Waals surface area contributed by atoms with E-state index < -0.39 is 6.10 Å². The van der Waals surface area contributed by atoms with E-state index in [4.69, 9.17) is 4.74 Å². The molecule has 1 aliphatic rings. The summed E-state index contributed by atoms with van der Waals surface area (Å²) in [6.45, 7) is 5.07. The van der Waals surface area contributed by atoms with Gasteiger partial charge in [-0.3, -0.25) is 14.6 Å². The largest absolute Gasteiger partial charge is 0.491 e. The molecule has 0 spiro atoms. The zero-order valence-electron chi connectivity index (χ0n) is 19.5. The Morgan fingerprint density at radius 1 is 0.824 bits per heavy atom. The molecule has 0 radical (unpaired) electrons. The molecule has 1 unspecified atom stereocenters. The highest BCUT2D eigenvalue weighted by Crippen LogP contribution is 2.22. The van der Waals surface area contributed by atoms with Crippen molar-refractivity contribution in [2.75, 3.05) is 45.9 Å². The number of aliphatic hydroxyl groups is 1. The fourth-order valence-corrected chi connectivity index (χ4v) is 4.10. The van der Waals surface area contributed by atoms with Crippen LogP contribution in [0.3, 0.4) is 0 Å². The Labute approximate surface area is 201 Å². The van der Waals surface area contributed by atoms with E-state index in [0.717, 1.165) is 43.1 Å². The Balaban J connectivity index is 1.12. The van der Waals surface area contributed by atoms with E-state index >= 15 is 0 Å². The molecular weight excluding hydrogens is 426 g/mol. The second kappa shape index (κ2) is 12.3. The van der Waals surface area contributed by atoms with Gasteiger partial charge in [0.25, 0.3) is 0 Å². The Hall–Kier alpha value is -3.19. The van der Waals surface area contributed by atoms with Crippen molar-refractivity contribution in [2.45, 2.75) is 12.6 Å². The Morgan fingerprint density at radius 2 is 1.41 bits per heavy atom. The topological polar surface area (TPSA) is 65.0 Å². The number of rotatable bonds is 10. The van der Waals surface area contributed by atoms with Crippen LogP contribution in [0.15, 0.2) is 84.9 Å². The molecule has 1 fully saturated rings. The van der Waals surface area contributed by atoms with Crippen molar-refractivity contribution < 1.29 is 14.6 Å². The fourth-order valence-electron chi connectivity index (χ4n) is 4.10. The van der Waals surface area contributed by atoms with Crippen LogP contribution in [0, 0.1) is 0 Å². The summed E-state index contributed by atoms with van der Waals surface area (Å²) < 4.78 is 5.80. The van der Waals surface area contributed by atoms with Gasteiger partial charge in [-0.1, -0.05) is 72.8 Å². The van der Waals surface area contributed by atoms with Crippen molar-refractivity contribution >= 4 is 5.91 Å². The summed E-state index contributed by atoms with van der Waals surface area (Å²) in [6.07, 6.45) is -0.561. The molecule has 1 aliphatic heterocycles. The van der Waals surface area contributed by atoms with E-state index in [1.54, 1.807) is 0 Å². The van der Waals surface area contributed by atoms with Crippen molar-refractivity contribution in [1.82, 2.24) is 15.1 Å². The SMILES string of the molecule is O=C(CN1CCN(CC(O)COc2ccc(-c3ccccc3)cc2)CC1)NCc1ccccc1. The lowest BCUT2D eigenvalue weighted by atomic mass is 10.1. The fraction of sp³-hybridized carbons (Fsp3) is 0.321. The van der Waals surface area contributed by atoms with Gasteiger partial charge < -0.3 is 15.2 Å². The molecule has 3 aromatic rings. The standard InChI is InChI=1S/C28H33N3O3/c32-26(22-34-27-13-11-25(12-14-27)24-9-5-2-6-10-24)20-30-15-17-31(18-16-30)21-28(33)29-19-23-7-3-1-4-8-23/h1-14,26,32H,15-22H2,(H,29,33). The number of hydrogen-bond donors (Lipinski definition) is 2. The molecule has 0 bridgehead atoms. The van der Waals surface area contributed by atoms with Crippen LogP contribution in [0.25, 0.3) is 11.1 Å². The molecule has 1 atom stereocenters. The highest BCUT2D eigenvalue weighted by atomic mass is 16.5. The first-order valence-electron chi connectivity index (χ1n) is 11.9. The van der Waals surface area contributed by atoms with Crippen LogP contribution in [-0.2, 0) is 11.3 Å². The molecule has 2 N–H and O–H groups in total. The van der Waals surface area contributed by atoms with Crippen molar-refractivity contribution in [1.29, 1.82) is 0 Å². The summed E-state index contributed by atoms with van der Waals surface area (Å²) in [4.78, 5) is 16.6. The lowest BCUT2D eigenvalue weighted by Gasteiger charge is -2.35. The molecule has 34 heavy (non-hydrogen) atoms. The Kier molecular flexibility index (Phi) is 8.68. The lowest BCUT2D eigenvalue weighted by Crippen LogP contribution is -2.51. The molecule has 0 aromatic heterocycles. The molecular formula is C28H33N3O3. The first-order chi connectivity index (χ1) is 16.7. The first-order valence-corrected chi connectivity index (χ1v) is 11.9. The maximum Gasteiger partial charge on any atom is 0.234 e. The molecule has 178 valence electrons. The second-order valence-corrected chi connectivity index (χ2v) is 8.69. The quantitative estimate of drug-likeness (QED) is 0.488. The number of hydrogen-bond acceptors (Lipinski definition) is 5.